The van der Waals surface area contributed by atoms with E-state index in [1.807, 2.05) is 35.9 Å². The number of anilines is 2. The summed E-state index contributed by atoms with van der Waals surface area (Å²) in [5.74, 6) is 0.391. The van der Waals surface area contributed by atoms with Crippen molar-refractivity contribution < 1.29 is 5.11 Å². The molecule has 0 radical (unpaired) electrons. The van der Waals surface area contributed by atoms with Gasteiger partial charge < -0.3 is 15.0 Å². The molecule has 5 rings (SSSR count). The highest BCUT2D eigenvalue weighted by Gasteiger charge is 2.26. The maximum atomic E-state index is 7.57. The van der Waals surface area contributed by atoms with Gasteiger partial charge in [-0.3, -0.25) is 0 Å². The molecule has 2 aromatic heterocycles. The number of aliphatic hydroxyl groups excluding tert-OH is 1. The van der Waals surface area contributed by atoms with E-state index in [-0.39, 0.29) is 6.61 Å². The fourth-order valence-corrected chi connectivity index (χ4v) is 5.32. The van der Waals surface area contributed by atoms with Crippen molar-refractivity contribution in [2.45, 2.75) is 39.0 Å². The number of fused-ring (bicyclic) bond motifs is 1. The minimum Gasteiger partial charge on any atom is -0.397 e. The Labute approximate surface area is 197 Å². The van der Waals surface area contributed by atoms with Crippen LogP contribution in [0.25, 0.3) is 5.69 Å². The van der Waals surface area contributed by atoms with Gasteiger partial charge in [-0.1, -0.05) is 41.9 Å². The average molecular weight is 467 g/mol. The van der Waals surface area contributed by atoms with E-state index in [2.05, 4.69) is 40.6 Å². The minimum atomic E-state index is 0.250. The summed E-state index contributed by atoms with van der Waals surface area (Å²) in [7, 11) is 0. The number of halogens is 1. The number of hydrogen-bond acceptors (Lipinski definition) is 5. The van der Waals surface area contributed by atoms with Crippen LogP contribution in [-0.2, 0) is 6.42 Å². The van der Waals surface area contributed by atoms with E-state index in [9.17, 15) is 0 Å². The normalized spacial score (nSPS) is 14.9. The maximum Gasteiger partial charge on any atom is 0.187 e. The van der Waals surface area contributed by atoms with Crippen LogP contribution in [0, 0.1) is 6.92 Å². The maximum absolute atomic E-state index is 7.57. The summed E-state index contributed by atoms with van der Waals surface area (Å²) in [6, 6.07) is 16.7. The molecule has 1 atom stereocenters. The van der Waals surface area contributed by atoms with E-state index in [0.717, 1.165) is 35.0 Å². The smallest absolute Gasteiger partial charge is 0.187 e. The number of nitrogens with zero attached hydrogens (tertiary/aromatic N) is 3. The Morgan fingerprint density at radius 2 is 2.00 bits per heavy atom. The molecule has 0 saturated heterocycles. The van der Waals surface area contributed by atoms with Crippen molar-refractivity contribution in [3.8, 4) is 5.69 Å². The second-order valence-electron chi connectivity index (χ2n) is 7.71. The number of aromatic nitrogens is 3. The van der Waals surface area contributed by atoms with Crippen LogP contribution in [0.15, 0.2) is 61.1 Å². The molecule has 2 N–H and O–H groups in total. The standard InChI is InChI=1S/C23H21ClN4S.C2H6O/c1-15-13-28(14-25-15)20-11-10-17(12-19(20)24)26-23-27-22-18(8-5-9-21(22)29-23)16-6-3-2-4-7-16;1-2-3/h2-4,6-7,10-14,18H,5,8-9H2,1H3,(H,26,27);3H,2H2,1H3. The second kappa shape index (κ2) is 10.3. The number of thiazole rings is 1. The summed E-state index contributed by atoms with van der Waals surface area (Å²) < 4.78 is 1.94. The number of imidazole rings is 1. The molecule has 0 aliphatic heterocycles. The van der Waals surface area contributed by atoms with Gasteiger partial charge in [-0.25, -0.2) is 9.97 Å². The SMILES string of the molecule is CCO.Cc1cn(-c2ccc(Nc3nc4c(s3)CCCC4c3ccccc3)cc2Cl)cn1. The fraction of sp³-hybridized carbons (Fsp3) is 0.280. The zero-order valence-corrected chi connectivity index (χ0v) is 19.8. The molecule has 0 fully saturated rings. The molecule has 1 aliphatic carbocycles. The molecular weight excluding hydrogens is 440 g/mol. The van der Waals surface area contributed by atoms with Crippen molar-refractivity contribution in [3.63, 3.8) is 0 Å². The fourth-order valence-electron chi connectivity index (χ4n) is 3.95. The van der Waals surface area contributed by atoms with Crippen LogP contribution in [0.2, 0.25) is 5.02 Å². The van der Waals surface area contributed by atoms with Crippen molar-refractivity contribution in [2.75, 3.05) is 11.9 Å². The summed E-state index contributed by atoms with van der Waals surface area (Å²) >= 11 is 8.30. The summed E-state index contributed by atoms with van der Waals surface area (Å²) in [6.45, 7) is 3.90. The molecular formula is C25H27ClN4OS. The third-order valence-corrected chi connectivity index (χ3v) is 6.69. The van der Waals surface area contributed by atoms with Crippen LogP contribution < -0.4 is 5.32 Å². The molecule has 0 saturated carbocycles. The highest BCUT2D eigenvalue weighted by molar-refractivity contribution is 7.15. The van der Waals surface area contributed by atoms with Crippen molar-refractivity contribution >= 4 is 33.8 Å². The number of aliphatic hydroxyl groups is 1. The molecule has 0 spiro atoms. The average Bonchev–Trinajstić information content (AvgIpc) is 3.40. The Morgan fingerprint density at radius 1 is 1.22 bits per heavy atom. The van der Waals surface area contributed by atoms with Crippen molar-refractivity contribution in [2.24, 2.45) is 0 Å². The lowest BCUT2D eigenvalue weighted by Gasteiger charge is -2.21. The Balaban J connectivity index is 0.000000775. The highest BCUT2D eigenvalue weighted by atomic mass is 35.5. The highest BCUT2D eigenvalue weighted by Crippen LogP contribution is 2.41. The summed E-state index contributed by atoms with van der Waals surface area (Å²) in [5.41, 5.74) is 5.41. The predicted octanol–water partition coefficient (Wildman–Crippen LogP) is 6.50. The monoisotopic (exact) mass is 466 g/mol. The molecule has 1 unspecified atom stereocenters. The summed E-state index contributed by atoms with van der Waals surface area (Å²) in [4.78, 5) is 10.6. The van der Waals surface area contributed by atoms with Crippen LogP contribution in [0.4, 0.5) is 10.8 Å². The van der Waals surface area contributed by atoms with Crippen molar-refractivity contribution in [3.05, 3.63) is 87.9 Å². The molecule has 7 heteroatoms. The summed E-state index contributed by atoms with van der Waals surface area (Å²) in [5, 5.41) is 12.6. The van der Waals surface area contributed by atoms with Crippen LogP contribution in [0.1, 0.15) is 47.5 Å². The third-order valence-electron chi connectivity index (χ3n) is 5.35. The Morgan fingerprint density at radius 3 is 2.69 bits per heavy atom. The molecule has 0 bridgehead atoms. The topological polar surface area (TPSA) is 63.0 Å². The van der Waals surface area contributed by atoms with Gasteiger partial charge in [-0.2, -0.15) is 0 Å². The first-order chi connectivity index (χ1) is 15.6. The van der Waals surface area contributed by atoms with E-state index in [1.165, 1.54) is 22.6 Å². The molecule has 166 valence electrons. The number of benzene rings is 2. The van der Waals surface area contributed by atoms with Crippen LogP contribution in [-0.4, -0.2) is 26.2 Å². The number of aryl methyl sites for hydroxylation is 2. The van der Waals surface area contributed by atoms with Crippen LogP contribution >= 0.6 is 22.9 Å². The van der Waals surface area contributed by atoms with Crippen LogP contribution in [0.5, 0.6) is 0 Å². The molecule has 0 amide bonds. The number of nitrogens with one attached hydrogen (secondary N) is 1. The lowest BCUT2D eigenvalue weighted by Crippen LogP contribution is -2.09. The lowest BCUT2D eigenvalue weighted by molar-refractivity contribution is 0.318. The third kappa shape index (κ3) is 5.04. The van der Waals surface area contributed by atoms with Gasteiger partial charge in [0.25, 0.3) is 0 Å². The number of rotatable bonds is 4. The van der Waals surface area contributed by atoms with Gasteiger partial charge in [0.05, 0.1) is 28.4 Å². The Hall–Kier alpha value is -2.67. The van der Waals surface area contributed by atoms with Gasteiger partial charge in [0.15, 0.2) is 5.13 Å². The first kappa shape index (κ1) is 22.5. The molecule has 32 heavy (non-hydrogen) atoms. The van der Waals surface area contributed by atoms with Gasteiger partial charge >= 0.3 is 0 Å². The zero-order chi connectivity index (χ0) is 22.5. The van der Waals surface area contributed by atoms with Crippen molar-refractivity contribution in [1.82, 2.24) is 14.5 Å². The first-order valence-electron chi connectivity index (χ1n) is 10.8. The van der Waals surface area contributed by atoms with Gasteiger partial charge in [0.2, 0.25) is 0 Å². The van der Waals surface area contributed by atoms with E-state index in [1.54, 1.807) is 24.6 Å². The van der Waals surface area contributed by atoms with E-state index in [4.69, 9.17) is 21.7 Å². The van der Waals surface area contributed by atoms with E-state index < -0.39 is 0 Å². The van der Waals surface area contributed by atoms with Gasteiger partial charge in [-0.05, 0) is 56.9 Å². The number of hydrogen-bond donors (Lipinski definition) is 2. The molecule has 5 nitrogen and oxygen atoms in total. The van der Waals surface area contributed by atoms with Crippen LogP contribution in [0.3, 0.4) is 0 Å². The predicted molar refractivity (Wildman–Crippen MR) is 133 cm³/mol. The molecule has 1 aliphatic rings. The Bertz CT molecular complexity index is 1170. The van der Waals surface area contributed by atoms with Crippen molar-refractivity contribution in [1.29, 1.82) is 0 Å². The van der Waals surface area contributed by atoms with Gasteiger partial charge in [-0.15, -0.1) is 11.3 Å². The van der Waals surface area contributed by atoms with E-state index in [0.29, 0.717) is 10.9 Å². The van der Waals surface area contributed by atoms with Gasteiger partial charge in [0.1, 0.15) is 0 Å². The summed E-state index contributed by atoms with van der Waals surface area (Å²) in [6.07, 6.45) is 7.22. The Kier molecular flexibility index (Phi) is 7.25. The lowest BCUT2D eigenvalue weighted by atomic mass is 9.85. The first-order valence-corrected chi connectivity index (χ1v) is 12.0. The van der Waals surface area contributed by atoms with E-state index >= 15 is 0 Å². The quantitative estimate of drug-likeness (QED) is 0.360. The molecule has 2 aromatic carbocycles. The molecule has 4 aromatic rings. The second-order valence-corrected chi connectivity index (χ2v) is 9.20. The zero-order valence-electron chi connectivity index (χ0n) is 18.3. The minimum absolute atomic E-state index is 0.250. The molecule has 2 heterocycles. The van der Waals surface area contributed by atoms with Gasteiger partial charge in [0, 0.05) is 29.3 Å². The largest absolute Gasteiger partial charge is 0.397 e.